The number of aromatic nitrogens is 2. The molecule has 1 saturated heterocycles. The van der Waals surface area contributed by atoms with Crippen molar-refractivity contribution in [3.63, 3.8) is 0 Å². The molecule has 1 aliphatic rings. The lowest BCUT2D eigenvalue weighted by molar-refractivity contribution is 0.166. The van der Waals surface area contributed by atoms with E-state index in [-0.39, 0.29) is 0 Å². The molecule has 1 aromatic heterocycles. The molecule has 94 valence electrons. The summed E-state index contributed by atoms with van der Waals surface area (Å²) in [6.45, 7) is 2.22. The number of hydrogen-bond donors (Lipinski definition) is 1. The van der Waals surface area contributed by atoms with Crippen molar-refractivity contribution in [2.75, 3.05) is 25.6 Å². The van der Waals surface area contributed by atoms with Gasteiger partial charge in [-0.2, -0.15) is 0 Å². The van der Waals surface area contributed by atoms with Gasteiger partial charge < -0.3 is 15.2 Å². The number of nitrogen functional groups attached to an aromatic ring is 1. The van der Waals surface area contributed by atoms with Crippen LogP contribution in [0.2, 0.25) is 0 Å². The van der Waals surface area contributed by atoms with E-state index < -0.39 is 0 Å². The third-order valence-corrected chi connectivity index (χ3v) is 3.10. The summed E-state index contributed by atoms with van der Waals surface area (Å²) >= 11 is 0. The fraction of sp³-hybridized carbons (Fsp3) is 0.385. The summed E-state index contributed by atoms with van der Waals surface area (Å²) in [5.41, 5.74) is 7.31. The predicted molar refractivity (Wildman–Crippen MR) is 68.4 cm³/mol. The molecule has 3 rings (SSSR count). The quantitative estimate of drug-likeness (QED) is 0.832. The highest BCUT2D eigenvalue weighted by atomic mass is 16.5. The van der Waals surface area contributed by atoms with E-state index in [0.29, 0.717) is 24.1 Å². The number of benzene rings is 1. The Morgan fingerprint density at radius 3 is 3.17 bits per heavy atom. The molecule has 2 N–H and O–H groups in total. The molecule has 1 unspecified atom stereocenters. The van der Waals surface area contributed by atoms with Crippen molar-refractivity contribution in [2.24, 2.45) is 5.92 Å². The van der Waals surface area contributed by atoms with Gasteiger partial charge in [0.25, 0.3) is 0 Å². The lowest BCUT2D eigenvalue weighted by atomic mass is 10.1. The monoisotopic (exact) mass is 245 g/mol. The minimum atomic E-state index is 0.455. The van der Waals surface area contributed by atoms with Crippen molar-refractivity contribution in [3.05, 3.63) is 24.5 Å². The van der Waals surface area contributed by atoms with Gasteiger partial charge in [0.05, 0.1) is 24.1 Å². The predicted octanol–water partition coefficient (Wildman–Crippen LogP) is 1.63. The summed E-state index contributed by atoms with van der Waals surface area (Å²) in [6.07, 6.45) is 2.56. The lowest BCUT2D eigenvalue weighted by Crippen LogP contribution is -2.12. The Hall–Kier alpha value is -1.88. The maximum absolute atomic E-state index is 5.78. The number of rotatable bonds is 3. The highest BCUT2D eigenvalue weighted by Gasteiger charge is 2.17. The number of nitrogens with two attached hydrogens (primary N) is 1. The third kappa shape index (κ3) is 2.22. The van der Waals surface area contributed by atoms with Crippen LogP contribution in [-0.2, 0) is 4.74 Å². The second-order valence-electron chi connectivity index (χ2n) is 4.50. The normalized spacial score (nSPS) is 19.2. The molecule has 1 aliphatic heterocycles. The Morgan fingerprint density at radius 2 is 2.33 bits per heavy atom. The van der Waals surface area contributed by atoms with Gasteiger partial charge in [0.1, 0.15) is 6.33 Å². The van der Waals surface area contributed by atoms with Crippen LogP contribution in [-0.4, -0.2) is 29.8 Å². The molecule has 0 radical (unpaired) electrons. The molecule has 0 bridgehead atoms. The van der Waals surface area contributed by atoms with Crippen LogP contribution in [0.25, 0.3) is 10.9 Å². The van der Waals surface area contributed by atoms with Gasteiger partial charge in [-0.25, -0.2) is 9.97 Å². The molecule has 2 aromatic rings. The van der Waals surface area contributed by atoms with Gasteiger partial charge in [-0.1, -0.05) is 0 Å². The van der Waals surface area contributed by atoms with E-state index in [1.165, 1.54) is 6.33 Å². The molecular weight excluding hydrogens is 230 g/mol. The Labute approximate surface area is 105 Å². The second kappa shape index (κ2) is 4.78. The van der Waals surface area contributed by atoms with Crippen molar-refractivity contribution >= 4 is 16.6 Å². The number of ether oxygens (including phenoxy) is 2. The highest BCUT2D eigenvalue weighted by Crippen LogP contribution is 2.24. The molecule has 2 heterocycles. The molecule has 5 heteroatoms. The summed E-state index contributed by atoms with van der Waals surface area (Å²) < 4.78 is 11.1. The van der Waals surface area contributed by atoms with Gasteiger partial charge in [0, 0.05) is 18.2 Å². The summed E-state index contributed by atoms with van der Waals surface area (Å²) in [5, 5.41) is 0.858. The number of fused-ring (bicyclic) bond motifs is 1. The number of nitrogens with zero attached hydrogens (tertiary/aromatic N) is 2. The van der Waals surface area contributed by atoms with E-state index in [9.17, 15) is 0 Å². The zero-order valence-electron chi connectivity index (χ0n) is 10.0. The maximum atomic E-state index is 5.78. The molecule has 0 saturated carbocycles. The summed E-state index contributed by atoms with van der Waals surface area (Å²) in [7, 11) is 0. The zero-order chi connectivity index (χ0) is 12.4. The summed E-state index contributed by atoms with van der Waals surface area (Å²) in [5.74, 6) is 1.05. The Bertz CT molecular complexity index is 553. The van der Waals surface area contributed by atoms with Crippen LogP contribution in [0.15, 0.2) is 24.5 Å². The standard InChI is InChI=1S/C13H15N3O2/c14-10-1-2-12-11(5-10)13(16-8-15-12)18-7-9-3-4-17-6-9/h1-2,5,8-9H,3-4,6-7,14H2. The van der Waals surface area contributed by atoms with Crippen molar-refractivity contribution in [3.8, 4) is 5.88 Å². The first kappa shape index (κ1) is 11.2. The fourth-order valence-electron chi connectivity index (χ4n) is 2.08. The van der Waals surface area contributed by atoms with E-state index in [1.54, 1.807) is 0 Å². The fourth-order valence-corrected chi connectivity index (χ4v) is 2.08. The first-order valence-corrected chi connectivity index (χ1v) is 6.04. The topological polar surface area (TPSA) is 70.3 Å². The maximum Gasteiger partial charge on any atom is 0.224 e. The van der Waals surface area contributed by atoms with Crippen LogP contribution in [0.1, 0.15) is 6.42 Å². The van der Waals surface area contributed by atoms with Gasteiger partial charge in [-0.3, -0.25) is 0 Å². The van der Waals surface area contributed by atoms with Crippen LogP contribution in [0.4, 0.5) is 5.69 Å². The van der Waals surface area contributed by atoms with Gasteiger partial charge in [-0.15, -0.1) is 0 Å². The van der Waals surface area contributed by atoms with Crippen molar-refractivity contribution in [2.45, 2.75) is 6.42 Å². The first-order valence-electron chi connectivity index (χ1n) is 6.04. The largest absolute Gasteiger partial charge is 0.477 e. The van der Waals surface area contributed by atoms with E-state index in [2.05, 4.69) is 9.97 Å². The molecule has 0 amide bonds. The van der Waals surface area contributed by atoms with Gasteiger partial charge in [-0.05, 0) is 24.6 Å². The minimum absolute atomic E-state index is 0.455. The van der Waals surface area contributed by atoms with Crippen molar-refractivity contribution < 1.29 is 9.47 Å². The Kier molecular flexibility index (Phi) is 2.98. The summed E-state index contributed by atoms with van der Waals surface area (Å²) in [4.78, 5) is 8.37. The lowest BCUT2D eigenvalue weighted by Gasteiger charge is -2.11. The highest BCUT2D eigenvalue weighted by molar-refractivity contribution is 5.86. The molecule has 1 atom stereocenters. The second-order valence-corrected chi connectivity index (χ2v) is 4.50. The molecule has 1 fully saturated rings. The van der Waals surface area contributed by atoms with E-state index in [0.717, 1.165) is 30.5 Å². The average Bonchev–Trinajstić information content (AvgIpc) is 2.89. The number of hydrogen-bond acceptors (Lipinski definition) is 5. The van der Waals surface area contributed by atoms with Crippen LogP contribution in [0.3, 0.4) is 0 Å². The first-order chi connectivity index (χ1) is 8.83. The van der Waals surface area contributed by atoms with Crippen molar-refractivity contribution in [1.82, 2.24) is 9.97 Å². The number of anilines is 1. The SMILES string of the molecule is Nc1ccc2ncnc(OCC3CCOC3)c2c1. The average molecular weight is 245 g/mol. The van der Waals surface area contributed by atoms with Gasteiger partial charge in [0.2, 0.25) is 5.88 Å². The molecule has 18 heavy (non-hydrogen) atoms. The molecule has 0 aliphatic carbocycles. The van der Waals surface area contributed by atoms with E-state index in [4.69, 9.17) is 15.2 Å². The molecule has 0 spiro atoms. The Balaban J connectivity index is 1.84. The van der Waals surface area contributed by atoms with Crippen LogP contribution in [0, 0.1) is 5.92 Å². The van der Waals surface area contributed by atoms with E-state index in [1.807, 2.05) is 18.2 Å². The van der Waals surface area contributed by atoms with Gasteiger partial charge >= 0.3 is 0 Å². The summed E-state index contributed by atoms with van der Waals surface area (Å²) in [6, 6.07) is 5.54. The van der Waals surface area contributed by atoms with Gasteiger partial charge in [0.15, 0.2) is 0 Å². The van der Waals surface area contributed by atoms with E-state index >= 15 is 0 Å². The molecular formula is C13H15N3O2. The van der Waals surface area contributed by atoms with Crippen LogP contribution < -0.4 is 10.5 Å². The van der Waals surface area contributed by atoms with Crippen molar-refractivity contribution in [1.29, 1.82) is 0 Å². The third-order valence-electron chi connectivity index (χ3n) is 3.10. The minimum Gasteiger partial charge on any atom is -0.477 e. The zero-order valence-corrected chi connectivity index (χ0v) is 10.0. The molecule has 1 aromatic carbocycles. The smallest absolute Gasteiger partial charge is 0.224 e. The molecule has 5 nitrogen and oxygen atoms in total. The van der Waals surface area contributed by atoms with Crippen LogP contribution in [0.5, 0.6) is 5.88 Å². The van der Waals surface area contributed by atoms with Crippen LogP contribution >= 0.6 is 0 Å². The Morgan fingerprint density at radius 1 is 1.39 bits per heavy atom.